The standard InChI is InChI=1S/C15H16N4/c1-11-5-7-19(8-6-11)14-10-17-13-4-2-3-12(9-16)15(13)18-14/h2-4,10-11H,5-8H2,1H3. The average molecular weight is 252 g/mol. The Morgan fingerprint density at radius 1 is 1.32 bits per heavy atom. The van der Waals surface area contributed by atoms with E-state index in [1.54, 1.807) is 6.07 Å². The molecule has 0 atom stereocenters. The van der Waals surface area contributed by atoms with Crippen LogP contribution in [-0.2, 0) is 0 Å². The Bertz CT molecular complexity index is 636. The Balaban J connectivity index is 1.99. The van der Waals surface area contributed by atoms with Gasteiger partial charge in [-0.3, -0.25) is 4.98 Å². The average Bonchev–Trinajstić information content (AvgIpc) is 2.47. The fourth-order valence-electron chi connectivity index (χ4n) is 2.50. The molecule has 4 heteroatoms. The molecular formula is C15H16N4. The number of aromatic nitrogens is 2. The summed E-state index contributed by atoms with van der Waals surface area (Å²) in [7, 11) is 0. The van der Waals surface area contributed by atoms with Crippen LogP contribution in [0.15, 0.2) is 24.4 Å². The number of rotatable bonds is 1. The lowest BCUT2D eigenvalue weighted by molar-refractivity contribution is 0.436. The highest BCUT2D eigenvalue weighted by Crippen LogP contribution is 2.23. The highest BCUT2D eigenvalue weighted by Gasteiger charge is 2.17. The van der Waals surface area contributed by atoms with Gasteiger partial charge in [0.1, 0.15) is 17.4 Å². The van der Waals surface area contributed by atoms with Crippen molar-refractivity contribution in [2.24, 2.45) is 5.92 Å². The lowest BCUT2D eigenvalue weighted by atomic mass is 9.99. The monoisotopic (exact) mass is 252 g/mol. The summed E-state index contributed by atoms with van der Waals surface area (Å²) in [6, 6.07) is 7.72. The minimum atomic E-state index is 0.595. The van der Waals surface area contributed by atoms with Gasteiger partial charge in [-0.1, -0.05) is 13.0 Å². The lowest BCUT2D eigenvalue weighted by Crippen LogP contribution is -2.33. The first kappa shape index (κ1) is 11.9. The van der Waals surface area contributed by atoms with Gasteiger partial charge in [0.25, 0.3) is 0 Å². The van der Waals surface area contributed by atoms with Crippen molar-refractivity contribution in [2.75, 3.05) is 18.0 Å². The Morgan fingerprint density at radius 2 is 2.11 bits per heavy atom. The molecule has 0 N–H and O–H groups in total. The van der Waals surface area contributed by atoms with Gasteiger partial charge >= 0.3 is 0 Å². The molecule has 0 radical (unpaired) electrons. The molecule has 19 heavy (non-hydrogen) atoms. The van der Waals surface area contributed by atoms with Crippen molar-refractivity contribution < 1.29 is 0 Å². The third-order valence-electron chi connectivity index (χ3n) is 3.79. The smallest absolute Gasteiger partial charge is 0.147 e. The predicted octanol–water partition coefficient (Wildman–Crippen LogP) is 2.74. The summed E-state index contributed by atoms with van der Waals surface area (Å²) in [6.07, 6.45) is 4.21. The van der Waals surface area contributed by atoms with E-state index >= 15 is 0 Å². The van der Waals surface area contributed by atoms with Crippen LogP contribution in [0, 0.1) is 17.2 Å². The van der Waals surface area contributed by atoms with Gasteiger partial charge in [-0.25, -0.2) is 4.98 Å². The number of fused-ring (bicyclic) bond motifs is 1. The Hall–Kier alpha value is -2.15. The van der Waals surface area contributed by atoms with Gasteiger partial charge in [0.15, 0.2) is 0 Å². The molecule has 0 unspecified atom stereocenters. The maximum Gasteiger partial charge on any atom is 0.147 e. The van der Waals surface area contributed by atoms with E-state index < -0.39 is 0 Å². The van der Waals surface area contributed by atoms with Crippen LogP contribution in [0.5, 0.6) is 0 Å². The van der Waals surface area contributed by atoms with E-state index in [0.717, 1.165) is 30.3 Å². The maximum atomic E-state index is 9.14. The van der Waals surface area contributed by atoms with Crippen LogP contribution in [0.1, 0.15) is 25.3 Å². The fourth-order valence-corrected chi connectivity index (χ4v) is 2.50. The number of para-hydroxylation sites is 1. The molecule has 2 aromatic rings. The van der Waals surface area contributed by atoms with Crippen molar-refractivity contribution in [3.8, 4) is 6.07 Å². The Morgan fingerprint density at radius 3 is 2.84 bits per heavy atom. The van der Waals surface area contributed by atoms with Gasteiger partial charge in [-0.15, -0.1) is 0 Å². The van der Waals surface area contributed by atoms with E-state index in [4.69, 9.17) is 5.26 Å². The van der Waals surface area contributed by atoms with E-state index in [0.29, 0.717) is 11.1 Å². The number of benzene rings is 1. The summed E-state index contributed by atoms with van der Waals surface area (Å²) in [6.45, 7) is 4.34. The summed E-state index contributed by atoms with van der Waals surface area (Å²) in [4.78, 5) is 11.3. The molecule has 1 fully saturated rings. The van der Waals surface area contributed by atoms with E-state index in [9.17, 15) is 0 Å². The minimum absolute atomic E-state index is 0.595. The molecule has 96 valence electrons. The molecule has 4 nitrogen and oxygen atoms in total. The number of anilines is 1. The molecule has 1 aliphatic heterocycles. The number of nitriles is 1. The second kappa shape index (κ2) is 4.85. The van der Waals surface area contributed by atoms with Crippen LogP contribution in [-0.4, -0.2) is 23.1 Å². The molecule has 0 bridgehead atoms. The number of hydrogen-bond acceptors (Lipinski definition) is 4. The molecule has 1 aliphatic rings. The van der Waals surface area contributed by atoms with Crippen molar-refractivity contribution in [2.45, 2.75) is 19.8 Å². The fraction of sp³-hybridized carbons (Fsp3) is 0.400. The van der Waals surface area contributed by atoms with E-state index in [2.05, 4.69) is 27.9 Å². The minimum Gasteiger partial charge on any atom is -0.355 e. The second-order valence-electron chi connectivity index (χ2n) is 5.18. The van der Waals surface area contributed by atoms with Crippen LogP contribution in [0.4, 0.5) is 5.82 Å². The lowest BCUT2D eigenvalue weighted by Gasteiger charge is -2.31. The van der Waals surface area contributed by atoms with Gasteiger partial charge in [-0.05, 0) is 30.9 Å². The zero-order valence-corrected chi connectivity index (χ0v) is 11.0. The zero-order chi connectivity index (χ0) is 13.2. The summed E-state index contributed by atoms with van der Waals surface area (Å²) in [5.41, 5.74) is 2.09. The first-order chi connectivity index (χ1) is 9.28. The normalized spacial score (nSPS) is 16.5. The molecule has 3 rings (SSSR count). The molecule has 1 saturated heterocycles. The molecule has 0 saturated carbocycles. The van der Waals surface area contributed by atoms with Crippen LogP contribution >= 0.6 is 0 Å². The third kappa shape index (κ3) is 2.24. The number of hydrogen-bond donors (Lipinski definition) is 0. The molecule has 1 aromatic carbocycles. The summed E-state index contributed by atoms with van der Waals surface area (Å²) in [5, 5.41) is 9.14. The molecular weight excluding hydrogens is 236 g/mol. The molecule has 0 amide bonds. The van der Waals surface area contributed by atoms with Crippen molar-refractivity contribution in [3.05, 3.63) is 30.0 Å². The van der Waals surface area contributed by atoms with E-state index in [-0.39, 0.29) is 0 Å². The van der Waals surface area contributed by atoms with Crippen molar-refractivity contribution in [1.82, 2.24) is 9.97 Å². The van der Waals surface area contributed by atoms with Gasteiger partial charge in [0, 0.05) is 13.1 Å². The molecule has 0 aliphatic carbocycles. The number of piperidine rings is 1. The van der Waals surface area contributed by atoms with Crippen LogP contribution < -0.4 is 4.90 Å². The Labute approximate surface area is 112 Å². The SMILES string of the molecule is CC1CCN(c2cnc3cccc(C#N)c3n2)CC1. The van der Waals surface area contributed by atoms with Crippen molar-refractivity contribution in [1.29, 1.82) is 5.26 Å². The van der Waals surface area contributed by atoms with Gasteiger partial charge in [-0.2, -0.15) is 5.26 Å². The van der Waals surface area contributed by atoms with E-state index in [1.807, 2.05) is 18.3 Å². The van der Waals surface area contributed by atoms with Crippen molar-refractivity contribution in [3.63, 3.8) is 0 Å². The zero-order valence-electron chi connectivity index (χ0n) is 11.0. The quantitative estimate of drug-likeness (QED) is 0.783. The van der Waals surface area contributed by atoms with Crippen LogP contribution in [0.25, 0.3) is 11.0 Å². The first-order valence-electron chi connectivity index (χ1n) is 6.69. The van der Waals surface area contributed by atoms with Gasteiger partial charge in [0.05, 0.1) is 17.3 Å². The molecule has 0 spiro atoms. The van der Waals surface area contributed by atoms with E-state index in [1.165, 1.54) is 12.8 Å². The summed E-state index contributed by atoms with van der Waals surface area (Å²) >= 11 is 0. The Kier molecular flexibility index (Phi) is 3.04. The topological polar surface area (TPSA) is 52.8 Å². The predicted molar refractivity (Wildman–Crippen MR) is 74.9 cm³/mol. The van der Waals surface area contributed by atoms with Gasteiger partial charge < -0.3 is 4.90 Å². The molecule has 1 aromatic heterocycles. The second-order valence-corrected chi connectivity index (χ2v) is 5.18. The first-order valence-corrected chi connectivity index (χ1v) is 6.69. The van der Waals surface area contributed by atoms with Crippen LogP contribution in [0.3, 0.4) is 0 Å². The highest BCUT2D eigenvalue weighted by atomic mass is 15.2. The summed E-state index contributed by atoms with van der Waals surface area (Å²) in [5.74, 6) is 1.68. The largest absolute Gasteiger partial charge is 0.355 e. The number of nitrogens with zero attached hydrogens (tertiary/aromatic N) is 4. The van der Waals surface area contributed by atoms with Gasteiger partial charge in [0.2, 0.25) is 0 Å². The highest BCUT2D eigenvalue weighted by molar-refractivity contribution is 5.81. The van der Waals surface area contributed by atoms with Crippen LogP contribution in [0.2, 0.25) is 0 Å². The molecule has 2 heterocycles. The summed E-state index contributed by atoms with van der Waals surface area (Å²) < 4.78 is 0. The maximum absolute atomic E-state index is 9.14. The third-order valence-corrected chi connectivity index (χ3v) is 3.79. The van der Waals surface area contributed by atoms with Crippen molar-refractivity contribution >= 4 is 16.9 Å².